The lowest BCUT2D eigenvalue weighted by atomic mass is 9.88. The first-order chi connectivity index (χ1) is 10.9. The molecule has 0 aliphatic carbocycles. The summed E-state index contributed by atoms with van der Waals surface area (Å²) in [6.45, 7) is 7.55. The minimum Gasteiger partial charge on any atom is -0.493 e. The van der Waals surface area contributed by atoms with Crippen LogP contribution < -0.4 is 15.4 Å². The third-order valence-corrected chi connectivity index (χ3v) is 3.87. The average Bonchev–Trinajstić information content (AvgIpc) is 2.92. The number of aliphatic hydroxyl groups excluding tert-OH is 1. The molecule has 5 nitrogen and oxygen atoms in total. The van der Waals surface area contributed by atoms with Crippen molar-refractivity contribution in [1.29, 1.82) is 0 Å². The number of fused-ring (bicyclic) bond motifs is 1. The van der Waals surface area contributed by atoms with Crippen molar-refractivity contribution >= 4 is 6.03 Å². The number of carbonyl (C=O) groups excluding carboxylic acids is 1. The summed E-state index contributed by atoms with van der Waals surface area (Å²) in [7, 11) is 0. The van der Waals surface area contributed by atoms with E-state index in [0.29, 0.717) is 6.54 Å². The maximum atomic E-state index is 11.9. The van der Waals surface area contributed by atoms with E-state index in [9.17, 15) is 9.90 Å². The van der Waals surface area contributed by atoms with Gasteiger partial charge in [0.05, 0.1) is 19.3 Å². The van der Waals surface area contributed by atoms with E-state index in [4.69, 9.17) is 4.74 Å². The van der Waals surface area contributed by atoms with Crippen molar-refractivity contribution in [3.8, 4) is 5.75 Å². The highest BCUT2D eigenvalue weighted by Crippen LogP contribution is 2.25. The summed E-state index contributed by atoms with van der Waals surface area (Å²) < 4.78 is 5.49. The normalized spacial score (nSPS) is 14.8. The Morgan fingerprint density at radius 1 is 1.39 bits per heavy atom. The molecule has 1 aromatic carbocycles. The molecule has 23 heavy (non-hydrogen) atoms. The molecule has 1 atom stereocenters. The van der Waals surface area contributed by atoms with E-state index in [1.165, 1.54) is 11.1 Å². The summed E-state index contributed by atoms with van der Waals surface area (Å²) in [6.07, 6.45) is 2.48. The van der Waals surface area contributed by atoms with E-state index in [-0.39, 0.29) is 24.1 Å². The second kappa shape index (κ2) is 7.68. The van der Waals surface area contributed by atoms with Gasteiger partial charge in [0.1, 0.15) is 5.75 Å². The van der Waals surface area contributed by atoms with Gasteiger partial charge in [-0.3, -0.25) is 0 Å². The predicted molar refractivity (Wildman–Crippen MR) is 90.8 cm³/mol. The third kappa shape index (κ3) is 5.75. The van der Waals surface area contributed by atoms with Crippen LogP contribution in [0, 0.1) is 5.41 Å². The van der Waals surface area contributed by atoms with E-state index < -0.39 is 0 Å². The molecule has 0 saturated carbocycles. The molecule has 1 aliphatic rings. The summed E-state index contributed by atoms with van der Waals surface area (Å²) in [4.78, 5) is 11.9. The van der Waals surface area contributed by atoms with Gasteiger partial charge in [0, 0.05) is 13.0 Å². The maximum absolute atomic E-state index is 11.9. The summed E-state index contributed by atoms with van der Waals surface area (Å²) in [5.74, 6) is 0.979. The predicted octanol–water partition coefficient (Wildman–Crippen LogP) is 2.26. The van der Waals surface area contributed by atoms with Gasteiger partial charge in [0.2, 0.25) is 0 Å². The first-order valence-corrected chi connectivity index (χ1v) is 8.27. The average molecular weight is 320 g/mol. The fourth-order valence-electron chi connectivity index (χ4n) is 2.85. The molecule has 2 rings (SSSR count). The quantitative estimate of drug-likeness (QED) is 0.753. The number of hydrogen-bond acceptors (Lipinski definition) is 3. The molecule has 0 saturated heterocycles. The number of carbonyl (C=O) groups is 1. The second-order valence-electron chi connectivity index (χ2n) is 7.34. The lowest BCUT2D eigenvalue weighted by molar-refractivity contribution is 0.191. The Morgan fingerprint density at radius 3 is 2.87 bits per heavy atom. The zero-order valence-corrected chi connectivity index (χ0v) is 14.3. The fraction of sp³-hybridized carbons (Fsp3) is 0.611. The Labute approximate surface area is 138 Å². The summed E-state index contributed by atoms with van der Waals surface area (Å²) >= 11 is 0. The van der Waals surface area contributed by atoms with Crippen LogP contribution >= 0.6 is 0 Å². The van der Waals surface area contributed by atoms with Crippen molar-refractivity contribution in [2.24, 2.45) is 5.41 Å². The van der Waals surface area contributed by atoms with Gasteiger partial charge in [-0.25, -0.2) is 4.79 Å². The fourth-order valence-corrected chi connectivity index (χ4v) is 2.85. The first kappa shape index (κ1) is 17.6. The largest absolute Gasteiger partial charge is 0.493 e. The highest BCUT2D eigenvalue weighted by Gasteiger charge is 2.19. The van der Waals surface area contributed by atoms with Crippen molar-refractivity contribution < 1.29 is 14.6 Å². The number of ether oxygens (including phenoxy) is 1. The van der Waals surface area contributed by atoms with Gasteiger partial charge in [0.15, 0.2) is 0 Å². The molecule has 5 heteroatoms. The first-order valence-electron chi connectivity index (χ1n) is 8.27. The van der Waals surface area contributed by atoms with E-state index >= 15 is 0 Å². The Kier molecular flexibility index (Phi) is 5.88. The summed E-state index contributed by atoms with van der Waals surface area (Å²) in [5.41, 5.74) is 2.51. The van der Waals surface area contributed by atoms with Gasteiger partial charge in [-0.1, -0.05) is 32.9 Å². The number of aliphatic hydroxyl groups is 1. The molecule has 0 radical (unpaired) electrons. The lowest BCUT2D eigenvalue weighted by Gasteiger charge is -2.25. The van der Waals surface area contributed by atoms with E-state index in [2.05, 4.69) is 37.5 Å². The Bertz CT molecular complexity index is 538. The number of urea groups is 1. The second-order valence-corrected chi connectivity index (χ2v) is 7.34. The number of hydrogen-bond donors (Lipinski definition) is 3. The zero-order chi connectivity index (χ0) is 16.9. The Morgan fingerprint density at radius 2 is 2.17 bits per heavy atom. The van der Waals surface area contributed by atoms with Crippen LogP contribution in [0.25, 0.3) is 0 Å². The minimum atomic E-state index is -0.224. The lowest BCUT2D eigenvalue weighted by Crippen LogP contribution is -2.45. The monoisotopic (exact) mass is 320 g/mol. The highest BCUT2D eigenvalue weighted by atomic mass is 16.5. The van der Waals surface area contributed by atoms with Crippen molar-refractivity contribution in [1.82, 2.24) is 10.6 Å². The highest BCUT2D eigenvalue weighted by molar-refractivity contribution is 5.74. The van der Waals surface area contributed by atoms with Crippen molar-refractivity contribution in [3.05, 3.63) is 29.3 Å². The molecule has 1 aromatic rings. The van der Waals surface area contributed by atoms with Crippen molar-refractivity contribution in [2.75, 3.05) is 19.8 Å². The topological polar surface area (TPSA) is 70.6 Å². The van der Waals surface area contributed by atoms with Crippen LogP contribution in [0.1, 0.15) is 38.3 Å². The molecule has 3 N–H and O–H groups in total. The molecular formula is C18H28N2O3. The van der Waals surface area contributed by atoms with Crippen LogP contribution in [0.5, 0.6) is 5.75 Å². The molecule has 128 valence electrons. The van der Waals surface area contributed by atoms with Crippen molar-refractivity contribution in [3.63, 3.8) is 0 Å². The molecule has 0 spiro atoms. The number of nitrogens with one attached hydrogen (secondary N) is 2. The van der Waals surface area contributed by atoms with Crippen LogP contribution in [-0.2, 0) is 12.8 Å². The number of amides is 2. The summed E-state index contributed by atoms with van der Waals surface area (Å²) in [6, 6.07) is 5.76. The Balaban J connectivity index is 1.74. The molecule has 1 heterocycles. The van der Waals surface area contributed by atoms with Gasteiger partial charge in [0.25, 0.3) is 0 Å². The molecule has 0 aromatic heterocycles. The van der Waals surface area contributed by atoms with Crippen LogP contribution in [-0.4, -0.2) is 36.9 Å². The molecular weight excluding hydrogens is 292 g/mol. The molecule has 0 bridgehead atoms. The number of rotatable bonds is 6. The molecule has 1 unspecified atom stereocenters. The Hall–Kier alpha value is -1.75. The SMILES string of the molecule is CC(C)(C)CC(CO)NC(=O)NCCc1ccc2c(c1)CCO2. The van der Waals surface area contributed by atoms with Crippen LogP contribution in [0.4, 0.5) is 4.79 Å². The van der Waals surface area contributed by atoms with E-state index in [1.54, 1.807) is 0 Å². The van der Waals surface area contributed by atoms with Crippen LogP contribution in [0.3, 0.4) is 0 Å². The minimum absolute atomic E-state index is 0.0461. The van der Waals surface area contributed by atoms with Crippen LogP contribution in [0.15, 0.2) is 18.2 Å². The molecule has 0 fully saturated rings. The standard InChI is InChI=1S/C18H28N2O3/c1-18(2,3)11-15(12-21)20-17(22)19-8-6-13-4-5-16-14(10-13)7-9-23-16/h4-5,10,15,21H,6-9,11-12H2,1-3H3,(H2,19,20,22). The zero-order valence-electron chi connectivity index (χ0n) is 14.3. The van der Waals surface area contributed by atoms with E-state index in [0.717, 1.165) is 31.6 Å². The smallest absolute Gasteiger partial charge is 0.315 e. The summed E-state index contributed by atoms with van der Waals surface area (Å²) in [5, 5.41) is 15.1. The van der Waals surface area contributed by atoms with E-state index in [1.807, 2.05) is 12.1 Å². The van der Waals surface area contributed by atoms with Gasteiger partial charge in [-0.2, -0.15) is 0 Å². The van der Waals surface area contributed by atoms with Crippen molar-refractivity contribution in [2.45, 2.75) is 46.1 Å². The third-order valence-electron chi connectivity index (χ3n) is 3.87. The van der Waals surface area contributed by atoms with Gasteiger partial charge >= 0.3 is 6.03 Å². The molecule has 2 amide bonds. The van der Waals surface area contributed by atoms with Gasteiger partial charge < -0.3 is 20.5 Å². The number of benzene rings is 1. The maximum Gasteiger partial charge on any atom is 0.315 e. The molecule has 1 aliphatic heterocycles. The van der Waals surface area contributed by atoms with Gasteiger partial charge in [-0.05, 0) is 35.4 Å². The van der Waals surface area contributed by atoms with Gasteiger partial charge in [-0.15, -0.1) is 0 Å². The van der Waals surface area contributed by atoms with Crippen LogP contribution in [0.2, 0.25) is 0 Å².